The van der Waals surface area contributed by atoms with Crippen LogP contribution < -0.4 is 4.74 Å². The van der Waals surface area contributed by atoms with Gasteiger partial charge in [0.1, 0.15) is 5.75 Å². The Hall–Kier alpha value is -1.54. The smallest absolute Gasteiger partial charge is 0.308 e. The summed E-state index contributed by atoms with van der Waals surface area (Å²) < 4.78 is 5.09. The average Bonchev–Trinajstić information content (AvgIpc) is 2.16. The topological polar surface area (TPSA) is 26.3 Å². The van der Waals surface area contributed by atoms with Crippen LogP contribution in [0.1, 0.15) is 6.92 Å². The third kappa shape index (κ3) is 2.10. The molecule has 0 aliphatic heterocycles. The molecule has 0 fully saturated rings. The molecule has 76 valence electrons. The van der Waals surface area contributed by atoms with Crippen LogP contribution in [0.15, 0.2) is 36.4 Å². The molecule has 0 atom stereocenters. The Morgan fingerprint density at radius 2 is 2.07 bits per heavy atom. The lowest BCUT2D eigenvalue weighted by Crippen LogP contribution is -2.01. The number of halogens is 1. The maximum absolute atomic E-state index is 10.9. The maximum Gasteiger partial charge on any atom is 0.308 e. The van der Waals surface area contributed by atoms with E-state index < -0.39 is 0 Å². The van der Waals surface area contributed by atoms with E-state index in [1.54, 1.807) is 12.1 Å². The Morgan fingerprint density at radius 1 is 1.27 bits per heavy atom. The van der Waals surface area contributed by atoms with Crippen LogP contribution in [0.2, 0.25) is 5.02 Å². The predicted octanol–water partition coefficient (Wildman–Crippen LogP) is 3.42. The van der Waals surface area contributed by atoms with Gasteiger partial charge in [-0.05, 0) is 29.7 Å². The minimum atomic E-state index is -0.322. The first-order valence-electron chi connectivity index (χ1n) is 4.53. The Morgan fingerprint density at radius 3 is 2.80 bits per heavy atom. The Labute approximate surface area is 92.4 Å². The fourth-order valence-corrected chi connectivity index (χ4v) is 1.65. The fourth-order valence-electron chi connectivity index (χ4n) is 1.47. The van der Waals surface area contributed by atoms with Crippen molar-refractivity contribution >= 4 is 28.3 Å². The van der Waals surface area contributed by atoms with Crippen LogP contribution in [0.3, 0.4) is 0 Å². The van der Waals surface area contributed by atoms with E-state index in [1.165, 1.54) is 6.92 Å². The van der Waals surface area contributed by atoms with E-state index in [-0.39, 0.29) is 5.97 Å². The van der Waals surface area contributed by atoms with Crippen LogP contribution in [0, 0.1) is 0 Å². The molecule has 0 bridgehead atoms. The summed E-state index contributed by atoms with van der Waals surface area (Å²) in [5.41, 5.74) is 0. The minimum Gasteiger partial charge on any atom is -0.426 e. The summed E-state index contributed by atoms with van der Waals surface area (Å²) in [5.74, 6) is 0.245. The number of rotatable bonds is 1. The van der Waals surface area contributed by atoms with Crippen molar-refractivity contribution in [2.24, 2.45) is 0 Å². The minimum absolute atomic E-state index is 0.322. The summed E-state index contributed by atoms with van der Waals surface area (Å²) in [5, 5.41) is 2.51. The van der Waals surface area contributed by atoms with Crippen molar-refractivity contribution < 1.29 is 9.53 Å². The number of fused-ring (bicyclic) bond motifs is 1. The lowest BCUT2D eigenvalue weighted by molar-refractivity contribution is -0.131. The third-order valence-electron chi connectivity index (χ3n) is 2.06. The third-order valence-corrected chi connectivity index (χ3v) is 2.29. The van der Waals surface area contributed by atoms with Gasteiger partial charge in [0.15, 0.2) is 0 Å². The van der Waals surface area contributed by atoms with Crippen LogP contribution in [0.5, 0.6) is 5.75 Å². The van der Waals surface area contributed by atoms with E-state index in [9.17, 15) is 4.79 Å². The van der Waals surface area contributed by atoms with Crippen molar-refractivity contribution in [2.45, 2.75) is 6.92 Å². The van der Waals surface area contributed by atoms with Crippen LogP contribution in [-0.2, 0) is 4.79 Å². The van der Waals surface area contributed by atoms with Gasteiger partial charge in [-0.1, -0.05) is 23.7 Å². The molecule has 0 radical (unpaired) electrons. The van der Waals surface area contributed by atoms with Gasteiger partial charge < -0.3 is 4.74 Å². The molecular weight excluding hydrogens is 212 g/mol. The number of hydrogen-bond donors (Lipinski definition) is 0. The summed E-state index contributed by atoms with van der Waals surface area (Å²) in [4.78, 5) is 10.9. The van der Waals surface area contributed by atoms with E-state index in [0.717, 1.165) is 10.8 Å². The first-order valence-corrected chi connectivity index (χ1v) is 4.91. The zero-order valence-corrected chi connectivity index (χ0v) is 8.91. The first kappa shape index (κ1) is 9.99. The number of carbonyl (C=O) groups is 1. The van der Waals surface area contributed by atoms with Crippen molar-refractivity contribution in [2.75, 3.05) is 0 Å². The van der Waals surface area contributed by atoms with E-state index in [4.69, 9.17) is 16.3 Å². The Balaban J connectivity index is 2.60. The standard InChI is InChI=1S/C12H9ClO2/c1-8(14)15-12-4-2-3-9-7-10(13)5-6-11(9)12/h2-7H,1H3. The molecule has 0 amide bonds. The number of benzene rings is 2. The average molecular weight is 221 g/mol. The summed E-state index contributed by atoms with van der Waals surface area (Å²) in [7, 11) is 0. The van der Waals surface area contributed by atoms with E-state index in [2.05, 4.69) is 0 Å². The summed E-state index contributed by atoms with van der Waals surface area (Å²) in [6.07, 6.45) is 0. The Kier molecular flexibility index (Phi) is 2.60. The van der Waals surface area contributed by atoms with Crippen LogP contribution in [0.4, 0.5) is 0 Å². The molecule has 0 heterocycles. The molecule has 2 aromatic carbocycles. The molecule has 0 saturated heterocycles. The second kappa shape index (κ2) is 3.91. The highest BCUT2D eigenvalue weighted by Crippen LogP contribution is 2.27. The highest BCUT2D eigenvalue weighted by molar-refractivity contribution is 6.31. The second-order valence-corrected chi connectivity index (χ2v) is 3.65. The lowest BCUT2D eigenvalue weighted by atomic mass is 10.1. The number of carbonyl (C=O) groups excluding carboxylic acids is 1. The second-order valence-electron chi connectivity index (χ2n) is 3.22. The molecule has 0 spiro atoms. The molecule has 0 unspecified atom stereocenters. The largest absolute Gasteiger partial charge is 0.426 e. The number of ether oxygens (including phenoxy) is 1. The van der Waals surface area contributed by atoms with Gasteiger partial charge in [0.2, 0.25) is 0 Å². The Bertz CT molecular complexity index is 520. The lowest BCUT2D eigenvalue weighted by Gasteiger charge is -2.05. The van der Waals surface area contributed by atoms with E-state index in [0.29, 0.717) is 10.8 Å². The number of esters is 1. The highest BCUT2D eigenvalue weighted by atomic mass is 35.5. The van der Waals surface area contributed by atoms with E-state index in [1.807, 2.05) is 24.3 Å². The van der Waals surface area contributed by atoms with Crippen LogP contribution in [-0.4, -0.2) is 5.97 Å². The van der Waals surface area contributed by atoms with Gasteiger partial charge in [0, 0.05) is 17.3 Å². The zero-order valence-electron chi connectivity index (χ0n) is 8.16. The zero-order chi connectivity index (χ0) is 10.8. The first-order chi connectivity index (χ1) is 7.16. The SMILES string of the molecule is CC(=O)Oc1cccc2cc(Cl)ccc12. The van der Waals surface area contributed by atoms with Crippen molar-refractivity contribution in [3.05, 3.63) is 41.4 Å². The summed E-state index contributed by atoms with van der Waals surface area (Å²) in [6, 6.07) is 11.0. The molecule has 2 aromatic rings. The highest BCUT2D eigenvalue weighted by Gasteiger charge is 2.04. The van der Waals surface area contributed by atoms with Gasteiger partial charge >= 0.3 is 5.97 Å². The molecule has 0 aliphatic carbocycles. The molecule has 0 aliphatic rings. The monoisotopic (exact) mass is 220 g/mol. The molecule has 0 N–H and O–H groups in total. The summed E-state index contributed by atoms with van der Waals surface area (Å²) >= 11 is 5.87. The molecule has 2 nitrogen and oxygen atoms in total. The van der Waals surface area contributed by atoms with Gasteiger partial charge in [-0.2, -0.15) is 0 Å². The summed E-state index contributed by atoms with van der Waals surface area (Å²) in [6.45, 7) is 1.38. The number of hydrogen-bond acceptors (Lipinski definition) is 2. The van der Waals surface area contributed by atoms with Gasteiger partial charge in [-0.25, -0.2) is 0 Å². The van der Waals surface area contributed by atoms with Crippen molar-refractivity contribution in [1.82, 2.24) is 0 Å². The van der Waals surface area contributed by atoms with Crippen molar-refractivity contribution in [3.8, 4) is 5.75 Å². The molecular formula is C12H9ClO2. The molecule has 15 heavy (non-hydrogen) atoms. The van der Waals surface area contributed by atoms with Gasteiger partial charge in [-0.3, -0.25) is 4.79 Å². The molecule has 0 aromatic heterocycles. The fraction of sp³-hybridized carbons (Fsp3) is 0.0833. The molecule has 3 heteroatoms. The van der Waals surface area contributed by atoms with Gasteiger partial charge in [0.25, 0.3) is 0 Å². The van der Waals surface area contributed by atoms with Crippen LogP contribution in [0.25, 0.3) is 10.8 Å². The predicted molar refractivity (Wildman–Crippen MR) is 60.3 cm³/mol. The molecule has 0 saturated carbocycles. The van der Waals surface area contributed by atoms with Gasteiger partial charge in [-0.15, -0.1) is 0 Å². The van der Waals surface area contributed by atoms with Gasteiger partial charge in [0.05, 0.1) is 0 Å². The molecule has 2 rings (SSSR count). The van der Waals surface area contributed by atoms with Crippen LogP contribution >= 0.6 is 11.6 Å². The van der Waals surface area contributed by atoms with E-state index >= 15 is 0 Å². The maximum atomic E-state index is 10.9. The quantitative estimate of drug-likeness (QED) is 0.544. The van der Waals surface area contributed by atoms with Crippen molar-refractivity contribution in [1.29, 1.82) is 0 Å². The van der Waals surface area contributed by atoms with Crippen molar-refractivity contribution in [3.63, 3.8) is 0 Å². The normalized spacial score (nSPS) is 10.3.